The first-order chi connectivity index (χ1) is 12.1. The third-order valence-corrected chi connectivity index (χ3v) is 5.03. The SMILES string of the molecule is CC(=O)NS(=O)(=O)c1ccc(NC(=O)Cn2c(C)cc(=O)cc2C)cc1. The van der Waals surface area contributed by atoms with Gasteiger partial charge in [-0.1, -0.05) is 0 Å². The Morgan fingerprint density at radius 2 is 1.58 bits per heavy atom. The number of nitrogens with one attached hydrogen (secondary N) is 2. The number of rotatable bonds is 5. The zero-order valence-corrected chi connectivity index (χ0v) is 15.4. The molecule has 2 N–H and O–H groups in total. The quantitative estimate of drug-likeness (QED) is 0.804. The fourth-order valence-corrected chi connectivity index (χ4v) is 3.44. The second-order valence-electron chi connectivity index (χ2n) is 5.79. The van der Waals surface area contributed by atoms with Gasteiger partial charge in [0, 0.05) is 36.1 Å². The van der Waals surface area contributed by atoms with Crippen LogP contribution in [0.15, 0.2) is 46.1 Å². The summed E-state index contributed by atoms with van der Waals surface area (Å²) >= 11 is 0. The molecule has 0 atom stereocenters. The van der Waals surface area contributed by atoms with Crippen LogP contribution in [0.4, 0.5) is 5.69 Å². The summed E-state index contributed by atoms with van der Waals surface area (Å²) in [5, 5.41) is 2.66. The Morgan fingerprint density at radius 1 is 1.04 bits per heavy atom. The number of hydrogen-bond donors (Lipinski definition) is 2. The molecule has 0 saturated carbocycles. The highest BCUT2D eigenvalue weighted by molar-refractivity contribution is 7.90. The van der Waals surface area contributed by atoms with Crippen molar-refractivity contribution in [3.05, 3.63) is 58.0 Å². The van der Waals surface area contributed by atoms with E-state index in [2.05, 4.69) is 5.32 Å². The fourth-order valence-electron chi connectivity index (χ4n) is 2.45. The molecule has 9 heteroatoms. The maximum absolute atomic E-state index is 12.2. The lowest BCUT2D eigenvalue weighted by Gasteiger charge is -2.14. The molecule has 0 bridgehead atoms. The standard InChI is InChI=1S/C17H19N3O5S/c1-11-8-15(22)9-12(2)20(11)10-17(23)18-14-4-6-16(7-5-14)26(24,25)19-13(3)21/h4-9H,10H2,1-3H3,(H,18,23)(H,19,21). The lowest BCUT2D eigenvalue weighted by atomic mass is 10.2. The number of nitrogens with zero attached hydrogens (tertiary/aromatic N) is 1. The van der Waals surface area contributed by atoms with Crippen molar-refractivity contribution in [1.82, 2.24) is 9.29 Å². The summed E-state index contributed by atoms with van der Waals surface area (Å²) in [6.07, 6.45) is 0. The molecule has 2 aromatic rings. The molecule has 0 aliphatic heterocycles. The average Bonchev–Trinajstić information content (AvgIpc) is 2.50. The lowest BCUT2D eigenvalue weighted by molar-refractivity contribution is -0.117. The number of aryl methyl sites for hydroxylation is 2. The second kappa shape index (κ2) is 7.52. The Hall–Kier alpha value is -2.94. The number of carbonyl (C=O) groups is 2. The molecule has 138 valence electrons. The van der Waals surface area contributed by atoms with Crippen LogP contribution in [0.1, 0.15) is 18.3 Å². The van der Waals surface area contributed by atoms with Crippen molar-refractivity contribution in [3.63, 3.8) is 0 Å². The third-order valence-electron chi connectivity index (χ3n) is 3.58. The highest BCUT2D eigenvalue weighted by Crippen LogP contribution is 2.14. The molecule has 1 heterocycles. The Kier molecular flexibility index (Phi) is 5.61. The molecule has 0 aliphatic carbocycles. The van der Waals surface area contributed by atoms with E-state index < -0.39 is 15.9 Å². The largest absolute Gasteiger partial charge is 0.340 e. The van der Waals surface area contributed by atoms with Crippen LogP contribution in [-0.2, 0) is 26.2 Å². The Morgan fingerprint density at radius 3 is 2.08 bits per heavy atom. The van der Waals surface area contributed by atoms with Crippen LogP contribution in [0.2, 0.25) is 0 Å². The molecule has 26 heavy (non-hydrogen) atoms. The molecule has 1 aromatic heterocycles. The predicted octanol–water partition coefficient (Wildman–Crippen LogP) is 0.929. The van der Waals surface area contributed by atoms with E-state index in [9.17, 15) is 22.8 Å². The molecule has 0 spiro atoms. The van der Waals surface area contributed by atoms with E-state index in [0.717, 1.165) is 6.92 Å². The number of pyridine rings is 1. The van der Waals surface area contributed by atoms with Gasteiger partial charge in [-0.25, -0.2) is 13.1 Å². The summed E-state index contributed by atoms with van der Waals surface area (Å²) in [4.78, 5) is 34.5. The summed E-state index contributed by atoms with van der Waals surface area (Å²) in [7, 11) is -3.91. The van der Waals surface area contributed by atoms with E-state index in [1.165, 1.54) is 36.4 Å². The lowest BCUT2D eigenvalue weighted by Crippen LogP contribution is -2.28. The fraction of sp³-hybridized carbons (Fsp3) is 0.235. The normalized spacial score (nSPS) is 11.0. The number of amides is 2. The summed E-state index contributed by atoms with van der Waals surface area (Å²) < 4.78 is 27.3. The van der Waals surface area contributed by atoms with Gasteiger partial charge in [0.2, 0.25) is 11.8 Å². The number of sulfonamides is 1. The van der Waals surface area contributed by atoms with Crippen LogP contribution >= 0.6 is 0 Å². The average molecular weight is 377 g/mol. The predicted molar refractivity (Wildman–Crippen MR) is 96.3 cm³/mol. The van der Waals surface area contributed by atoms with E-state index >= 15 is 0 Å². The first kappa shape index (κ1) is 19.4. The minimum atomic E-state index is -3.91. The van der Waals surface area contributed by atoms with Gasteiger partial charge in [0.25, 0.3) is 10.0 Å². The van der Waals surface area contributed by atoms with Crippen LogP contribution in [0.5, 0.6) is 0 Å². The van der Waals surface area contributed by atoms with Gasteiger partial charge in [0.15, 0.2) is 5.43 Å². The van der Waals surface area contributed by atoms with Crippen molar-refractivity contribution < 1.29 is 18.0 Å². The zero-order chi connectivity index (χ0) is 19.5. The molecule has 0 radical (unpaired) electrons. The molecule has 0 unspecified atom stereocenters. The van der Waals surface area contributed by atoms with E-state index in [4.69, 9.17) is 0 Å². The Balaban J connectivity index is 2.11. The summed E-state index contributed by atoms with van der Waals surface area (Å²) in [5.74, 6) is -1.01. The highest BCUT2D eigenvalue weighted by atomic mass is 32.2. The van der Waals surface area contributed by atoms with Gasteiger partial charge >= 0.3 is 0 Å². The summed E-state index contributed by atoms with van der Waals surface area (Å²) in [6, 6.07) is 8.33. The van der Waals surface area contributed by atoms with Gasteiger partial charge in [0.05, 0.1) is 4.90 Å². The number of anilines is 1. The highest BCUT2D eigenvalue weighted by Gasteiger charge is 2.15. The van der Waals surface area contributed by atoms with Gasteiger partial charge in [-0.2, -0.15) is 0 Å². The number of hydrogen-bond acceptors (Lipinski definition) is 5. The first-order valence-corrected chi connectivity index (χ1v) is 9.18. The van der Waals surface area contributed by atoms with Gasteiger partial charge in [-0.15, -0.1) is 0 Å². The van der Waals surface area contributed by atoms with E-state index in [0.29, 0.717) is 17.1 Å². The smallest absolute Gasteiger partial charge is 0.264 e. The summed E-state index contributed by atoms with van der Waals surface area (Å²) in [6.45, 7) is 4.60. The Bertz CT molecular complexity index is 981. The van der Waals surface area contributed by atoms with Crippen molar-refractivity contribution in [1.29, 1.82) is 0 Å². The van der Waals surface area contributed by atoms with Crippen molar-refractivity contribution in [2.45, 2.75) is 32.2 Å². The first-order valence-electron chi connectivity index (χ1n) is 7.70. The van der Waals surface area contributed by atoms with Gasteiger partial charge in [-0.3, -0.25) is 14.4 Å². The van der Waals surface area contributed by atoms with E-state index in [1.54, 1.807) is 18.4 Å². The zero-order valence-electron chi connectivity index (χ0n) is 14.6. The summed E-state index contributed by atoms with van der Waals surface area (Å²) in [5.41, 5.74) is 1.63. The van der Waals surface area contributed by atoms with Crippen molar-refractivity contribution in [2.24, 2.45) is 0 Å². The van der Waals surface area contributed by atoms with Crippen molar-refractivity contribution >= 4 is 27.5 Å². The maximum atomic E-state index is 12.2. The maximum Gasteiger partial charge on any atom is 0.264 e. The minimum Gasteiger partial charge on any atom is -0.340 e. The molecule has 2 rings (SSSR count). The molecule has 0 fully saturated rings. The molecule has 1 aromatic carbocycles. The second-order valence-corrected chi connectivity index (χ2v) is 7.48. The van der Waals surface area contributed by atoms with Gasteiger partial charge in [0.1, 0.15) is 6.54 Å². The molecule has 0 aliphatic rings. The van der Waals surface area contributed by atoms with Gasteiger partial charge in [-0.05, 0) is 38.1 Å². The molecule has 8 nitrogen and oxygen atoms in total. The number of aromatic nitrogens is 1. The van der Waals surface area contributed by atoms with Crippen molar-refractivity contribution in [2.75, 3.05) is 5.32 Å². The monoisotopic (exact) mass is 377 g/mol. The van der Waals surface area contributed by atoms with Crippen LogP contribution in [-0.4, -0.2) is 24.8 Å². The third kappa shape index (κ3) is 4.79. The minimum absolute atomic E-state index is 0.0177. The molecule has 0 saturated heterocycles. The van der Waals surface area contributed by atoms with Crippen LogP contribution in [0, 0.1) is 13.8 Å². The molecular weight excluding hydrogens is 358 g/mol. The van der Waals surface area contributed by atoms with Gasteiger partial charge < -0.3 is 9.88 Å². The van der Waals surface area contributed by atoms with Crippen LogP contribution in [0.25, 0.3) is 0 Å². The topological polar surface area (TPSA) is 114 Å². The van der Waals surface area contributed by atoms with Crippen LogP contribution in [0.3, 0.4) is 0 Å². The number of benzene rings is 1. The van der Waals surface area contributed by atoms with E-state index in [-0.39, 0.29) is 22.8 Å². The van der Waals surface area contributed by atoms with Crippen LogP contribution < -0.4 is 15.5 Å². The van der Waals surface area contributed by atoms with Crippen molar-refractivity contribution in [3.8, 4) is 0 Å². The molecular formula is C17H19N3O5S. The Labute approximate surface area is 150 Å². The molecule has 2 amide bonds. The van der Waals surface area contributed by atoms with E-state index in [1.807, 2.05) is 4.72 Å². The number of carbonyl (C=O) groups excluding carboxylic acids is 2.